The van der Waals surface area contributed by atoms with Crippen LogP contribution in [0.5, 0.6) is 0 Å². The van der Waals surface area contributed by atoms with Crippen LogP contribution in [0, 0.1) is 35.4 Å². The molecule has 5 atom stereocenters. The number of amides is 1. The van der Waals surface area contributed by atoms with Crippen LogP contribution in [-0.2, 0) is 44.6 Å². The van der Waals surface area contributed by atoms with Crippen molar-refractivity contribution in [2.75, 3.05) is 19.8 Å². The Morgan fingerprint density at radius 2 is 1.67 bits per heavy atom. The number of fused-ring (bicyclic) bond motifs is 3. The zero-order valence-electron chi connectivity index (χ0n) is 31.7. The molecule has 1 aromatic heterocycles. The Bertz CT molecular complexity index is 1820. The Morgan fingerprint density at radius 3 is 2.33 bits per heavy atom. The molecule has 294 valence electrons. The SMILES string of the molecule is CCC(C)[C@H](CC(=O)Cc1ccccc1F)C(=O)N[C@]1(C(=O)C[C@H](C(=S)NCC2CCOCC2)C(C)CC)CCc2[nH]c3c(C(F)(F)F)cccc3c2C1. The molecule has 1 amide bonds. The van der Waals surface area contributed by atoms with E-state index in [0.29, 0.717) is 53.7 Å². The Kier molecular flexibility index (Phi) is 13.7. The molecule has 54 heavy (non-hydrogen) atoms. The summed E-state index contributed by atoms with van der Waals surface area (Å²) in [5.74, 6) is -2.49. The van der Waals surface area contributed by atoms with Gasteiger partial charge in [-0.1, -0.05) is 83.1 Å². The molecular weight excluding hydrogens is 719 g/mol. The predicted octanol–water partition coefficient (Wildman–Crippen LogP) is 8.50. The van der Waals surface area contributed by atoms with E-state index in [1.54, 1.807) is 24.3 Å². The van der Waals surface area contributed by atoms with Gasteiger partial charge in [0, 0.05) is 68.4 Å². The monoisotopic (exact) mass is 771 g/mol. The first kappa shape index (κ1) is 41.5. The van der Waals surface area contributed by atoms with Gasteiger partial charge in [0.15, 0.2) is 5.78 Å². The number of H-pyrrole nitrogens is 1. The van der Waals surface area contributed by atoms with Crippen LogP contribution < -0.4 is 10.6 Å². The van der Waals surface area contributed by atoms with Gasteiger partial charge in [-0.2, -0.15) is 13.2 Å². The lowest BCUT2D eigenvalue weighted by Gasteiger charge is -2.40. The van der Waals surface area contributed by atoms with E-state index >= 15 is 0 Å². The predicted molar refractivity (Wildman–Crippen MR) is 206 cm³/mol. The molecule has 2 aliphatic rings. The minimum Gasteiger partial charge on any atom is -0.381 e. The van der Waals surface area contributed by atoms with Crippen LogP contribution in [0.1, 0.15) is 95.0 Å². The Morgan fingerprint density at radius 1 is 0.981 bits per heavy atom. The van der Waals surface area contributed by atoms with Gasteiger partial charge in [0.1, 0.15) is 17.1 Å². The van der Waals surface area contributed by atoms with Crippen LogP contribution in [0.3, 0.4) is 0 Å². The lowest BCUT2D eigenvalue weighted by Crippen LogP contribution is -2.60. The largest absolute Gasteiger partial charge is 0.418 e. The molecule has 0 saturated carbocycles. The number of hydrogen-bond acceptors (Lipinski definition) is 5. The lowest BCUT2D eigenvalue weighted by atomic mass is 9.72. The van der Waals surface area contributed by atoms with Crippen molar-refractivity contribution in [1.82, 2.24) is 15.6 Å². The van der Waals surface area contributed by atoms with Crippen molar-refractivity contribution in [3.05, 3.63) is 70.7 Å². The van der Waals surface area contributed by atoms with Crippen molar-refractivity contribution in [3.63, 3.8) is 0 Å². The number of benzene rings is 2. The molecule has 0 radical (unpaired) electrons. The van der Waals surface area contributed by atoms with E-state index in [1.165, 1.54) is 12.1 Å². The summed E-state index contributed by atoms with van der Waals surface area (Å²) in [7, 11) is 0. The first-order valence-corrected chi connectivity index (χ1v) is 19.7. The van der Waals surface area contributed by atoms with Crippen LogP contribution in [0.2, 0.25) is 0 Å². The average molecular weight is 772 g/mol. The molecule has 3 N–H and O–H groups in total. The smallest absolute Gasteiger partial charge is 0.381 e. The van der Waals surface area contributed by atoms with Gasteiger partial charge in [-0.15, -0.1) is 0 Å². The highest BCUT2D eigenvalue weighted by atomic mass is 32.1. The van der Waals surface area contributed by atoms with Crippen LogP contribution >= 0.6 is 12.2 Å². The summed E-state index contributed by atoms with van der Waals surface area (Å²) < 4.78 is 62.3. The number of rotatable bonds is 16. The zero-order chi connectivity index (χ0) is 39.2. The molecule has 1 fully saturated rings. The third kappa shape index (κ3) is 9.59. The number of aryl methyl sites for hydroxylation is 1. The molecule has 2 aromatic carbocycles. The minimum atomic E-state index is -4.59. The number of carbonyl (C=O) groups is 3. The summed E-state index contributed by atoms with van der Waals surface area (Å²) in [6.07, 6.45) is -1.36. The number of nitrogens with one attached hydrogen (secondary N) is 3. The molecule has 1 aliphatic heterocycles. The maximum atomic E-state index is 14.9. The number of halogens is 4. The average Bonchev–Trinajstić information content (AvgIpc) is 3.52. The van der Waals surface area contributed by atoms with E-state index in [9.17, 15) is 31.9 Å². The molecule has 0 bridgehead atoms. The van der Waals surface area contributed by atoms with Crippen LogP contribution in [0.15, 0.2) is 42.5 Å². The molecule has 12 heteroatoms. The van der Waals surface area contributed by atoms with Crippen molar-refractivity contribution in [2.45, 2.75) is 104 Å². The van der Waals surface area contributed by atoms with Crippen molar-refractivity contribution < 1.29 is 36.7 Å². The first-order chi connectivity index (χ1) is 25.7. The molecule has 3 aromatic rings. The molecule has 1 saturated heterocycles. The summed E-state index contributed by atoms with van der Waals surface area (Å²) in [6.45, 7) is 9.92. The molecule has 1 aliphatic carbocycles. The maximum absolute atomic E-state index is 14.9. The first-order valence-electron chi connectivity index (χ1n) is 19.3. The number of para-hydroxylation sites is 1. The fourth-order valence-corrected chi connectivity index (χ4v) is 8.42. The van der Waals surface area contributed by atoms with Gasteiger partial charge >= 0.3 is 6.18 Å². The summed E-state index contributed by atoms with van der Waals surface area (Å²) in [6, 6.07) is 10.0. The number of alkyl halides is 3. The quantitative estimate of drug-likeness (QED) is 0.0999. The molecular formula is C42H53F4N3O4S. The summed E-state index contributed by atoms with van der Waals surface area (Å²) in [5.41, 5.74) is -0.894. The van der Waals surface area contributed by atoms with Gasteiger partial charge in [-0.05, 0) is 66.7 Å². The zero-order valence-corrected chi connectivity index (χ0v) is 32.5. The fraction of sp³-hybridized carbons (Fsp3) is 0.571. The van der Waals surface area contributed by atoms with Crippen molar-refractivity contribution >= 4 is 45.6 Å². The number of ether oxygens (including phenoxy) is 1. The van der Waals surface area contributed by atoms with Crippen LogP contribution in [-0.4, -0.2) is 52.7 Å². The second-order valence-electron chi connectivity index (χ2n) is 15.5. The number of ketones is 2. The molecule has 7 nitrogen and oxygen atoms in total. The Labute approximate surface area is 320 Å². The summed E-state index contributed by atoms with van der Waals surface area (Å²) in [5, 5.41) is 6.91. The van der Waals surface area contributed by atoms with Gasteiger partial charge in [0.25, 0.3) is 0 Å². The topological polar surface area (TPSA) is 100 Å². The molecule has 2 heterocycles. The molecule has 0 spiro atoms. The summed E-state index contributed by atoms with van der Waals surface area (Å²) in [4.78, 5) is 46.3. The Balaban J connectivity index is 1.47. The number of hydrogen-bond donors (Lipinski definition) is 3. The van der Waals surface area contributed by atoms with Gasteiger partial charge < -0.3 is 20.4 Å². The number of Topliss-reactive ketones (excluding diaryl/α,β-unsaturated/α-hetero) is 2. The number of aromatic nitrogens is 1. The highest BCUT2D eigenvalue weighted by Crippen LogP contribution is 2.41. The Hall–Kier alpha value is -3.64. The third-order valence-corrected chi connectivity index (χ3v) is 12.4. The highest BCUT2D eigenvalue weighted by molar-refractivity contribution is 7.80. The standard InChI is InChI=1S/C42H53F4N3O4S/c1-5-25(3)31(21-29(50)20-28-10-7-8-13-35(28)43)39(52)49-41(17-14-36-33(23-41)30-11-9-12-34(38(30)48-36)42(44,45)46)37(51)22-32(26(4)6-2)40(54)47-24-27-15-18-53-19-16-27/h7-13,25-27,31-32,48H,5-6,14-24H2,1-4H3,(H,47,54)(H,49,52)/t25?,26?,31-,32-,41+/m0/s1. The van der Waals surface area contributed by atoms with Crippen molar-refractivity contribution in [1.29, 1.82) is 0 Å². The molecule has 5 rings (SSSR count). The van der Waals surface area contributed by atoms with Gasteiger partial charge in [-0.25, -0.2) is 4.39 Å². The summed E-state index contributed by atoms with van der Waals surface area (Å²) >= 11 is 5.94. The third-order valence-electron chi connectivity index (χ3n) is 12.0. The van der Waals surface area contributed by atoms with Gasteiger partial charge in [0.05, 0.1) is 16.1 Å². The minimum absolute atomic E-state index is 0.0138. The fourth-order valence-electron chi connectivity index (χ4n) is 8.02. The van der Waals surface area contributed by atoms with Crippen LogP contribution in [0.25, 0.3) is 10.9 Å². The number of carbonyl (C=O) groups excluding carboxylic acids is 3. The normalized spacial score (nSPS) is 20.1. The van der Waals surface area contributed by atoms with Gasteiger partial charge in [-0.3, -0.25) is 14.4 Å². The van der Waals surface area contributed by atoms with Crippen LogP contribution in [0.4, 0.5) is 17.6 Å². The number of aromatic amines is 1. The van der Waals surface area contributed by atoms with E-state index in [1.807, 2.05) is 27.7 Å². The van der Waals surface area contributed by atoms with E-state index < -0.39 is 34.9 Å². The van der Waals surface area contributed by atoms with Gasteiger partial charge in [0.2, 0.25) is 5.91 Å². The lowest BCUT2D eigenvalue weighted by molar-refractivity contribution is -0.137. The van der Waals surface area contributed by atoms with E-state index in [4.69, 9.17) is 17.0 Å². The second kappa shape index (κ2) is 17.9. The highest BCUT2D eigenvalue weighted by Gasteiger charge is 2.47. The van der Waals surface area contributed by atoms with E-state index in [0.717, 1.165) is 25.3 Å². The second-order valence-corrected chi connectivity index (χ2v) is 15.9. The van der Waals surface area contributed by atoms with E-state index in [-0.39, 0.29) is 78.9 Å². The van der Waals surface area contributed by atoms with Crippen molar-refractivity contribution in [3.8, 4) is 0 Å². The van der Waals surface area contributed by atoms with Crippen molar-refractivity contribution in [2.24, 2.45) is 29.6 Å². The van der Waals surface area contributed by atoms with E-state index in [2.05, 4.69) is 15.6 Å². The maximum Gasteiger partial charge on any atom is 0.418 e. The number of thiocarbonyl (C=S) groups is 1. The molecule has 2 unspecified atom stereocenters.